The average molecular weight is 250 g/mol. The minimum Gasteiger partial charge on any atom is -0.474 e. The van der Waals surface area contributed by atoms with Gasteiger partial charge in [0.2, 0.25) is 0 Å². The molecule has 88 valence electrons. The Morgan fingerprint density at radius 2 is 2.06 bits per heavy atom. The lowest BCUT2D eigenvalue weighted by Crippen LogP contribution is -2.21. The lowest BCUT2D eigenvalue weighted by atomic mass is 9.96. The highest BCUT2D eigenvalue weighted by Crippen LogP contribution is 2.37. The predicted octanol–water partition coefficient (Wildman–Crippen LogP) is 1.52. The molecule has 0 bridgehead atoms. The van der Waals surface area contributed by atoms with Crippen molar-refractivity contribution in [3.8, 4) is 6.07 Å². The van der Waals surface area contributed by atoms with Crippen LogP contribution in [-0.2, 0) is 22.4 Å². The van der Waals surface area contributed by atoms with Gasteiger partial charge in [-0.2, -0.15) is 5.26 Å². The maximum atomic E-state index is 11.1. The zero-order chi connectivity index (χ0) is 12.4. The quantitative estimate of drug-likeness (QED) is 0.739. The van der Waals surface area contributed by atoms with Crippen LogP contribution in [0, 0.1) is 11.3 Å². The second kappa shape index (κ2) is 4.55. The van der Waals surface area contributed by atoms with E-state index in [4.69, 9.17) is 10.4 Å². The van der Waals surface area contributed by atoms with E-state index in [2.05, 4.69) is 11.4 Å². The van der Waals surface area contributed by atoms with E-state index in [0.29, 0.717) is 10.6 Å². The second-order valence-corrected chi connectivity index (χ2v) is 4.89. The Labute approximate surface area is 102 Å². The number of aryl methyl sites for hydroxylation is 1. The summed E-state index contributed by atoms with van der Waals surface area (Å²) < 4.78 is 0. The third-order valence-corrected chi connectivity index (χ3v) is 3.91. The molecule has 2 N–H and O–H groups in total. The number of nitrogens with one attached hydrogen (secondary N) is 1. The summed E-state index contributed by atoms with van der Waals surface area (Å²) in [6.07, 6.45) is 3.84. The van der Waals surface area contributed by atoms with Crippen LogP contribution in [0.15, 0.2) is 0 Å². The summed E-state index contributed by atoms with van der Waals surface area (Å²) in [6.45, 7) is 0. The van der Waals surface area contributed by atoms with Gasteiger partial charge >= 0.3 is 11.9 Å². The first-order chi connectivity index (χ1) is 8.13. The molecule has 5 nitrogen and oxygen atoms in total. The molecule has 6 heteroatoms. The fourth-order valence-corrected chi connectivity index (χ4v) is 3.16. The van der Waals surface area contributed by atoms with Crippen molar-refractivity contribution in [3.63, 3.8) is 0 Å². The van der Waals surface area contributed by atoms with Gasteiger partial charge in [-0.3, -0.25) is 4.79 Å². The molecule has 0 unspecified atom stereocenters. The van der Waals surface area contributed by atoms with E-state index in [9.17, 15) is 9.59 Å². The standard InChI is InChI=1S/C11H10N2O3S/c12-5-7-6-3-1-2-4-8(6)17-10(7)13-9(14)11(15)16/h1-4H2,(H,13,14)(H,15,16). The zero-order valence-corrected chi connectivity index (χ0v) is 9.76. The summed E-state index contributed by atoms with van der Waals surface area (Å²) in [7, 11) is 0. The predicted molar refractivity (Wildman–Crippen MR) is 61.9 cm³/mol. The molecule has 17 heavy (non-hydrogen) atoms. The Kier molecular flexibility index (Phi) is 3.11. The molecule has 0 aromatic carbocycles. The highest BCUT2D eigenvalue weighted by Gasteiger charge is 2.23. The van der Waals surface area contributed by atoms with Crippen molar-refractivity contribution in [3.05, 3.63) is 16.0 Å². The number of carbonyl (C=O) groups is 2. The molecular formula is C11H10N2O3S. The molecule has 1 aliphatic carbocycles. The number of anilines is 1. The summed E-state index contributed by atoms with van der Waals surface area (Å²) in [4.78, 5) is 22.6. The summed E-state index contributed by atoms with van der Waals surface area (Å²) in [5.74, 6) is -2.64. The number of aliphatic carboxylic acids is 1. The van der Waals surface area contributed by atoms with Crippen LogP contribution in [0.3, 0.4) is 0 Å². The van der Waals surface area contributed by atoms with Gasteiger partial charge in [0, 0.05) is 4.88 Å². The number of fused-ring (bicyclic) bond motifs is 1. The van der Waals surface area contributed by atoms with E-state index in [-0.39, 0.29) is 0 Å². The molecule has 1 aromatic rings. The van der Waals surface area contributed by atoms with Crippen molar-refractivity contribution in [1.29, 1.82) is 5.26 Å². The van der Waals surface area contributed by atoms with E-state index in [1.807, 2.05) is 0 Å². The van der Waals surface area contributed by atoms with Gasteiger partial charge in [-0.05, 0) is 31.2 Å². The topological polar surface area (TPSA) is 90.2 Å². The molecule has 0 saturated heterocycles. The molecule has 1 aliphatic rings. The van der Waals surface area contributed by atoms with Gasteiger partial charge in [-0.25, -0.2) is 4.79 Å². The van der Waals surface area contributed by atoms with Crippen LogP contribution in [0.2, 0.25) is 0 Å². The summed E-state index contributed by atoms with van der Waals surface area (Å²) in [5, 5.41) is 20.2. The Morgan fingerprint density at radius 3 is 2.71 bits per heavy atom. The Bertz CT molecular complexity index is 528. The Balaban J connectivity index is 2.35. The van der Waals surface area contributed by atoms with Crippen LogP contribution in [0.25, 0.3) is 0 Å². The number of carboxylic acids is 1. The van der Waals surface area contributed by atoms with Crippen LogP contribution >= 0.6 is 11.3 Å². The lowest BCUT2D eigenvalue weighted by Gasteiger charge is -2.09. The van der Waals surface area contributed by atoms with Crippen LogP contribution in [0.5, 0.6) is 0 Å². The van der Waals surface area contributed by atoms with Crippen molar-refractivity contribution in [2.24, 2.45) is 0 Å². The van der Waals surface area contributed by atoms with Gasteiger partial charge in [0.1, 0.15) is 11.1 Å². The molecule has 1 heterocycles. The van der Waals surface area contributed by atoms with Crippen molar-refractivity contribution in [2.45, 2.75) is 25.7 Å². The largest absolute Gasteiger partial charge is 0.474 e. The highest BCUT2D eigenvalue weighted by atomic mass is 32.1. The smallest absolute Gasteiger partial charge is 0.394 e. The minimum absolute atomic E-state index is 0.367. The number of amides is 1. The molecule has 0 radical (unpaired) electrons. The first kappa shape index (κ1) is 11.6. The number of carboxylic acid groups (broad SMARTS) is 1. The van der Waals surface area contributed by atoms with Gasteiger partial charge < -0.3 is 10.4 Å². The lowest BCUT2D eigenvalue weighted by molar-refractivity contribution is -0.147. The van der Waals surface area contributed by atoms with Gasteiger partial charge in [0.05, 0.1) is 5.56 Å². The molecule has 2 rings (SSSR count). The highest BCUT2D eigenvalue weighted by molar-refractivity contribution is 7.16. The minimum atomic E-state index is -1.54. The fourth-order valence-electron chi connectivity index (χ4n) is 1.93. The Hall–Kier alpha value is -1.87. The Morgan fingerprint density at radius 1 is 1.35 bits per heavy atom. The van der Waals surface area contributed by atoms with Gasteiger partial charge in [-0.1, -0.05) is 0 Å². The number of nitrogens with zero attached hydrogens (tertiary/aromatic N) is 1. The number of carbonyl (C=O) groups excluding carboxylic acids is 1. The molecule has 1 aromatic heterocycles. The molecule has 0 spiro atoms. The molecule has 0 fully saturated rings. The number of hydrogen-bond acceptors (Lipinski definition) is 4. The monoisotopic (exact) mass is 250 g/mol. The summed E-state index contributed by atoms with van der Waals surface area (Å²) in [5.41, 5.74) is 1.41. The van der Waals surface area contributed by atoms with Crippen molar-refractivity contribution < 1.29 is 14.7 Å². The van der Waals surface area contributed by atoms with Crippen molar-refractivity contribution in [2.75, 3.05) is 5.32 Å². The third kappa shape index (κ3) is 2.15. The maximum absolute atomic E-state index is 11.1. The van der Waals surface area contributed by atoms with Crippen LogP contribution in [-0.4, -0.2) is 17.0 Å². The van der Waals surface area contributed by atoms with Gasteiger partial charge in [0.25, 0.3) is 0 Å². The molecule has 0 aliphatic heterocycles. The maximum Gasteiger partial charge on any atom is 0.394 e. The number of rotatable bonds is 1. The molecular weight excluding hydrogens is 240 g/mol. The molecule has 0 atom stereocenters. The third-order valence-electron chi connectivity index (χ3n) is 2.70. The van der Waals surface area contributed by atoms with Gasteiger partial charge in [0.15, 0.2) is 0 Å². The van der Waals surface area contributed by atoms with E-state index in [0.717, 1.165) is 36.1 Å². The SMILES string of the molecule is N#Cc1c(NC(=O)C(=O)O)sc2c1CCCC2. The first-order valence-electron chi connectivity index (χ1n) is 5.22. The normalized spacial score (nSPS) is 13.6. The zero-order valence-electron chi connectivity index (χ0n) is 8.95. The van der Waals surface area contributed by atoms with E-state index >= 15 is 0 Å². The van der Waals surface area contributed by atoms with Crippen molar-refractivity contribution >= 4 is 28.2 Å². The van der Waals surface area contributed by atoms with Crippen LogP contribution in [0.1, 0.15) is 28.8 Å². The van der Waals surface area contributed by atoms with E-state index in [1.54, 1.807) is 0 Å². The van der Waals surface area contributed by atoms with E-state index < -0.39 is 11.9 Å². The van der Waals surface area contributed by atoms with Gasteiger partial charge in [-0.15, -0.1) is 11.3 Å². The van der Waals surface area contributed by atoms with Crippen LogP contribution in [0.4, 0.5) is 5.00 Å². The van der Waals surface area contributed by atoms with E-state index in [1.165, 1.54) is 11.3 Å². The summed E-state index contributed by atoms with van der Waals surface area (Å²) >= 11 is 1.31. The molecule has 0 saturated carbocycles. The van der Waals surface area contributed by atoms with Crippen LogP contribution < -0.4 is 5.32 Å². The molecule has 1 amide bonds. The number of thiophene rings is 1. The first-order valence-corrected chi connectivity index (χ1v) is 6.04. The number of nitriles is 1. The fraction of sp³-hybridized carbons (Fsp3) is 0.364. The second-order valence-electron chi connectivity index (χ2n) is 3.79. The number of hydrogen-bond donors (Lipinski definition) is 2. The average Bonchev–Trinajstić information content (AvgIpc) is 2.65. The summed E-state index contributed by atoms with van der Waals surface area (Å²) in [6, 6.07) is 2.05. The van der Waals surface area contributed by atoms with Crippen molar-refractivity contribution in [1.82, 2.24) is 0 Å².